The fraction of sp³-hybridized carbons (Fsp3) is 0.172. The Morgan fingerprint density at radius 1 is 0.778 bits per heavy atom. The van der Waals surface area contributed by atoms with E-state index in [4.69, 9.17) is 14.2 Å². The van der Waals surface area contributed by atoms with Gasteiger partial charge in [0.2, 0.25) is 0 Å². The smallest absolute Gasteiger partial charge is 0.276 e. The zero-order valence-electron chi connectivity index (χ0n) is 20.1. The standard InChI is InChI=1S/C29H27NO6/c1-34-25-13-8-21(9-14-25)20-36-29(23-6-4-3-5-7-23,24-11-15-26(35-2)16-12-24)27-17-10-22(19-31)18-28(27)30(32)33/h3-18,31H,19-20H2,1-2H3. The van der Waals surface area contributed by atoms with Gasteiger partial charge in [-0.05, 0) is 52.6 Å². The van der Waals surface area contributed by atoms with Crippen molar-refractivity contribution in [1.82, 2.24) is 0 Å². The minimum Gasteiger partial charge on any atom is -0.497 e. The quantitative estimate of drug-likeness (QED) is 0.178. The Morgan fingerprint density at radius 2 is 1.33 bits per heavy atom. The van der Waals surface area contributed by atoms with Crippen molar-refractivity contribution in [3.8, 4) is 11.5 Å². The molecule has 0 saturated carbocycles. The molecule has 0 radical (unpaired) electrons. The lowest BCUT2D eigenvalue weighted by molar-refractivity contribution is -0.386. The van der Waals surface area contributed by atoms with E-state index in [1.165, 1.54) is 6.07 Å². The molecule has 4 rings (SSSR count). The van der Waals surface area contributed by atoms with E-state index in [0.29, 0.717) is 22.4 Å². The van der Waals surface area contributed by atoms with E-state index in [2.05, 4.69) is 0 Å². The Balaban J connectivity index is 1.96. The Morgan fingerprint density at radius 3 is 1.89 bits per heavy atom. The summed E-state index contributed by atoms with van der Waals surface area (Å²) in [6.07, 6.45) is 0. The summed E-state index contributed by atoms with van der Waals surface area (Å²) >= 11 is 0. The minimum absolute atomic E-state index is 0.143. The summed E-state index contributed by atoms with van der Waals surface area (Å²) in [5.74, 6) is 1.37. The number of rotatable bonds is 10. The van der Waals surface area contributed by atoms with Crippen molar-refractivity contribution < 1.29 is 24.2 Å². The molecule has 0 spiro atoms. The third kappa shape index (κ3) is 4.93. The molecule has 36 heavy (non-hydrogen) atoms. The van der Waals surface area contributed by atoms with Crippen LogP contribution >= 0.6 is 0 Å². The number of ether oxygens (including phenoxy) is 3. The molecular weight excluding hydrogens is 458 g/mol. The van der Waals surface area contributed by atoms with Crippen LogP contribution in [0.5, 0.6) is 11.5 Å². The van der Waals surface area contributed by atoms with Crippen LogP contribution in [0.2, 0.25) is 0 Å². The highest BCUT2D eigenvalue weighted by atomic mass is 16.6. The number of methoxy groups -OCH3 is 2. The summed E-state index contributed by atoms with van der Waals surface area (Å²) in [5, 5.41) is 21.9. The lowest BCUT2D eigenvalue weighted by Crippen LogP contribution is -2.33. The van der Waals surface area contributed by atoms with Crippen molar-refractivity contribution in [3.63, 3.8) is 0 Å². The molecule has 0 aromatic heterocycles. The van der Waals surface area contributed by atoms with E-state index in [1.54, 1.807) is 38.5 Å². The molecule has 4 aromatic carbocycles. The van der Waals surface area contributed by atoms with Crippen molar-refractivity contribution in [1.29, 1.82) is 0 Å². The summed E-state index contributed by atoms with van der Waals surface area (Å²) in [6, 6.07) is 28.9. The monoisotopic (exact) mass is 485 g/mol. The Labute approximate surface area is 209 Å². The van der Waals surface area contributed by atoms with Crippen LogP contribution in [0.1, 0.15) is 27.8 Å². The number of aliphatic hydroxyl groups is 1. The van der Waals surface area contributed by atoms with E-state index in [0.717, 1.165) is 16.9 Å². The van der Waals surface area contributed by atoms with Gasteiger partial charge >= 0.3 is 0 Å². The molecule has 0 amide bonds. The van der Waals surface area contributed by atoms with Crippen LogP contribution in [0.4, 0.5) is 5.69 Å². The number of hydrogen-bond donors (Lipinski definition) is 1. The van der Waals surface area contributed by atoms with Crippen LogP contribution < -0.4 is 9.47 Å². The number of hydrogen-bond acceptors (Lipinski definition) is 6. The van der Waals surface area contributed by atoms with Gasteiger partial charge in [0.05, 0.1) is 37.9 Å². The molecule has 7 heteroatoms. The number of aliphatic hydroxyl groups excluding tert-OH is 1. The van der Waals surface area contributed by atoms with Crippen molar-refractivity contribution >= 4 is 5.69 Å². The molecule has 0 aliphatic carbocycles. The van der Waals surface area contributed by atoms with E-state index < -0.39 is 10.5 Å². The second-order valence-corrected chi connectivity index (χ2v) is 8.18. The normalized spacial score (nSPS) is 12.5. The number of nitro benzene ring substituents is 1. The fourth-order valence-corrected chi connectivity index (χ4v) is 4.26. The van der Waals surface area contributed by atoms with Gasteiger partial charge in [-0.15, -0.1) is 0 Å². The zero-order valence-corrected chi connectivity index (χ0v) is 20.1. The van der Waals surface area contributed by atoms with Gasteiger partial charge < -0.3 is 19.3 Å². The molecule has 7 nitrogen and oxygen atoms in total. The molecular formula is C29H27NO6. The summed E-state index contributed by atoms with van der Waals surface area (Å²) in [6.45, 7) is -0.140. The number of nitro groups is 1. The summed E-state index contributed by atoms with van der Waals surface area (Å²) in [4.78, 5) is 11.8. The SMILES string of the molecule is COc1ccc(COC(c2ccccc2)(c2ccc(OC)cc2)c2ccc(CO)cc2[N+](=O)[O-])cc1. The first-order valence-corrected chi connectivity index (χ1v) is 11.4. The van der Waals surface area contributed by atoms with Gasteiger partial charge in [0.25, 0.3) is 5.69 Å². The van der Waals surface area contributed by atoms with Gasteiger partial charge in [-0.3, -0.25) is 10.1 Å². The average Bonchev–Trinajstić information content (AvgIpc) is 2.94. The summed E-state index contributed by atoms with van der Waals surface area (Å²) in [7, 11) is 3.18. The first kappa shape index (κ1) is 24.9. The van der Waals surface area contributed by atoms with Crippen LogP contribution in [0.3, 0.4) is 0 Å². The minimum atomic E-state index is -1.33. The predicted octanol–water partition coefficient (Wildman–Crippen LogP) is 5.61. The molecule has 1 N–H and O–H groups in total. The highest BCUT2D eigenvalue weighted by Gasteiger charge is 2.42. The Hall–Kier alpha value is -4.20. The van der Waals surface area contributed by atoms with Gasteiger partial charge in [0, 0.05) is 6.07 Å². The van der Waals surface area contributed by atoms with Gasteiger partial charge in [-0.2, -0.15) is 0 Å². The highest BCUT2D eigenvalue weighted by molar-refractivity contribution is 5.57. The molecule has 0 saturated heterocycles. The van der Waals surface area contributed by atoms with Gasteiger partial charge in [-0.25, -0.2) is 0 Å². The molecule has 1 unspecified atom stereocenters. The Bertz CT molecular complexity index is 1310. The average molecular weight is 486 g/mol. The maximum absolute atomic E-state index is 12.3. The van der Waals surface area contributed by atoms with Crippen LogP contribution in [-0.4, -0.2) is 24.2 Å². The second-order valence-electron chi connectivity index (χ2n) is 8.18. The molecule has 184 valence electrons. The number of nitrogens with zero attached hydrogens (tertiary/aromatic N) is 1. The second kappa shape index (κ2) is 11.0. The van der Waals surface area contributed by atoms with E-state index in [9.17, 15) is 15.2 Å². The first-order valence-electron chi connectivity index (χ1n) is 11.4. The van der Waals surface area contributed by atoms with Crippen molar-refractivity contribution in [2.75, 3.05) is 14.2 Å². The van der Waals surface area contributed by atoms with E-state index in [1.807, 2.05) is 66.7 Å². The number of benzene rings is 4. The van der Waals surface area contributed by atoms with Crippen molar-refractivity contribution in [2.45, 2.75) is 18.8 Å². The van der Waals surface area contributed by atoms with Gasteiger partial charge in [0.15, 0.2) is 5.60 Å². The third-order valence-corrected chi connectivity index (χ3v) is 6.11. The molecule has 0 fully saturated rings. The molecule has 1 atom stereocenters. The van der Waals surface area contributed by atoms with Crippen LogP contribution in [-0.2, 0) is 23.6 Å². The Kier molecular flexibility index (Phi) is 7.63. The lowest BCUT2D eigenvalue weighted by Gasteiger charge is -2.35. The van der Waals surface area contributed by atoms with E-state index >= 15 is 0 Å². The fourth-order valence-electron chi connectivity index (χ4n) is 4.26. The van der Waals surface area contributed by atoms with E-state index in [-0.39, 0.29) is 18.9 Å². The van der Waals surface area contributed by atoms with Crippen molar-refractivity contribution in [2.24, 2.45) is 0 Å². The third-order valence-electron chi connectivity index (χ3n) is 6.11. The van der Waals surface area contributed by atoms with Gasteiger partial charge in [-0.1, -0.05) is 60.7 Å². The predicted molar refractivity (Wildman–Crippen MR) is 136 cm³/mol. The van der Waals surface area contributed by atoms with Crippen LogP contribution in [0, 0.1) is 10.1 Å². The zero-order chi connectivity index (χ0) is 25.5. The summed E-state index contributed by atoms with van der Waals surface area (Å²) in [5.41, 5.74) is 1.62. The van der Waals surface area contributed by atoms with Crippen molar-refractivity contribution in [3.05, 3.63) is 135 Å². The molecule has 0 aliphatic rings. The summed E-state index contributed by atoms with van der Waals surface area (Å²) < 4.78 is 17.3. The maximum atomic E-state index is 12.3. The maximum Gasteiger partial charge on any atom is 0.276 e. The topological polar surface area (TPSA) is 91.1 Å². The van der Waals surface area contributed by atoms with Crippen LogP contribution in [0.25, 0.3) is 0 Å². The van der Waals surface area contributed by atoms with Crippen LogP contribution in [0.15, 0.2) is 97.1 Å². The largest absolute Gasteiger partial charge is 0.497 e. The molecule has 0 heterocycles. The highest BCUT2D eigenvalue weighted by Crippen LogP contribution is 2.45. The first-order chi connectivity index (χ1) is 17.5. The molecule has 4 aromatic rings. The molecule has 0 bridgehead atoms. The molecule has 0 aliphatic heterocycles. The van der Waals surface area contributed by atoms with Gasteiger partial charge in [0.1, 0.15) is 11.5 Å². The lowest BCUT2D eigenvalue weighted by atomic mass is 9.78.